The third kappa shape index (κ3) is 2.60. The minimum Gasteiger partial charge on any atom is -0.380 e. The van der Waals surface area contributed by atoms with Gasteiger partial charge in [-0.3, -0.25) is 4.98 Å². The number of pyridine rings is 1. The average Bonchev–Trinajstić information content (AvgIpc) is 2.29. The van der Waals surface area contributed by atoms with E-state index in [-0.39, 0.29) is 0 Å². The van der Waals surface area contributed by atoms with Crippen LogP contribution in [-0.2, 0) is 6.54 Å². The van der Waals surface area contributed by atoms with Gasteiger partial charge in [-0.25, -0.2) is 0 Å². The Morgan fingerprint density at radius 1 is 1.19 bits per heavy atom. The lowest BCUT2D eigenvalue weighted by molar-refractivity contribution is 1.10. The molecule has 0 radical (unpaired) electrons. The Labute approximate surface area is 96.4 Å². The summed E-state index contributed by atoms with van der Waals surface area (Å²) in [7, 11) is 0. The molecule has 2 rings (SSSR count). The monoisotopic (exact) mass is 212 g/mol. The maximum absolute atomic E-state index is 4.07. The van der Waals surface area contributed by atoms with Gasteiger partial charge >= 0.3 is 0 Å². The minimum absolute atomic E-state index is 0.845. The second-order valence-corrected chi connectivity index (χ2v) is 4.03. The first-order valence-electron chi connectivity index (χ1n) is 5.46. The highest BCUT2D eigenvalue weighted by Crippen LogP contribution is 2.12. The highest BCUT2D eigenvalue weighted by atomic mass is 14.9. The Morgan fingerprint density at radius 2 is 2.06 bits per heavy atom. The van der Waals surface area contributed by atoms with Crippen LogP contribution in [0.2, 0.25) is 0 Å². The van der Waals surface area contributed by atoms with Crippen molar-refractivity contribution in [1.29, 1.82) is 0 Å². The summed E-state index contributed by atoms with van der Waals surface area (Å²) >= 11 is 0. The van der Waals surface area contributed by atoms with Gasteiger partial charge in [0.25, 0.3) is 0 Å². The second kappa shape index (κ2) is 4.79. The Balaban J connectivity index is 2.05. The maximum atomic E-state index is 4.07. The molecule has 82 valence electrons. The zero-order chi connectivity index (χ0) is 11.4. The van der Waals surface area contributed by atoms with Crippen LogP contribution in [0.25, 0.3) is 0 Å². The first-order chi connectivity index (χ1) is 7.75. The van der Waals surface area contributed by atoms with Crippen molar-refractivity contribution in [3.63, 3.8) is 0 Å². The summed E-state index contributed by atoms with van der Waals surface area (Å²) < 4.78 is 0. The number of rotatable bonds is 3. The van der Waals surface area contributed by atoms with Crippen LogP contribution in [0.4, 0.5) is 5.69 Å². The van der Waals surface area contributed by atoms with Crippen LogP contribution in [0.1, 0.15) is 16.7 Å². The van der Waals surface area contributed by atoms with Crippen molar-refractivity contribution in [3.8, 4) is 0 Å². The smallest absolute Gasteiger partial charge is 0.0529 e. The van der Waals surface area contributed by atoms with Gasteiger partial charge in [0.2, 0.25) is 0 Å². The summed E-state index contributed by atoms with van der Waals surface area (Å²) in [6.45, 7) is 5.11. The van der Waals surface area contributed by atoms with E-state index in [1.165, 1.54) is 16.7 Å². The molecule has 0 saturated carbocycles. The Morgan fingerprint density at radius 3 is 2.75 bits per heavy atom. The van der Waals surface area contributed by atoms with Crippen LogP contribution in [0.15, 0.2) is 42.7 Å². The molecule has 0 aliphatic rings. The van der Waals surface area contributed by atoms with E-state index >= 15 is 0 Å². The largest absolute Gasteiger partial charge is 0.380 e. The fraction of sp³-hybridized carbons (Fsp3) is 0.214. The van der Waals surface area contributed by atoms with Crippen LogP contribution in [0.3, 0.4) is 0 Å². The highest BCUT2D eigenvalue weighted by molar-refractivity contribution is 5.42. The van der Waals surface area contributed by atoms with E-state index in [9.17, 15) is 0 Å². The summed E-state index contributed by atoms with van der Waals surface area (Å²) in [5.74, 6) is 0. The Bertz CT molecular complexity index is 463. The number of benzene rings is 1. The molecule has 2 aromatic rings. The number of aromatic nitrogens is 1. The van der Waals surface area contributed by atoms with Crippen LogP contribution >= 0.6 is 0 Å². The van der Waals surface area contributed by atoms with Gasteiger partial charge in [-0.05, 0) is 37.1 Å². The average molecular weight is 212 g/mol. The third-order valence-electron chi connectivity index (χ3n) is 2.64. The normalized spacial score (nSPS) is 10.1. The minimum atomic E-state index is 0.845. The molecule has 0 saturated heterocycles. The van der Waals surface area contributed by atoms with Gasteiger partial charge in [0.05, 0.1) is 5.69 Å². The topological polar surface area (TPSA) is 24.9 Å². The van der Waals surface area contributed by atoms with E-state index in [1.54, 1.807) is 6.20 Å². The Hall–Kier alpha value is -1.83. The van der Waals surface area contributed by atoms with E-state index in [1.807, 2.05) is 18.3 Å². The summed E-state index contributed by atoms with van der Waals surface area (Å²) in [6.07, 6.45) is 3.62. The van der Waals surface area contributed by atoms with E-state index in [4.69, 9.17) is 0 Å². The molecule has 16 heavy (non-hydrogen) atoms. The summed E-state index contributed by atoms with van der Waals surface area (Å²) in [6, 6.07) is 10.5. The molecule has 2 nitrogen and oxygen atoms in total. The lowest BCUT2D eigenvalue weighted by Gasteiger charge is -2.09. The number of nitrogens with one attached hydrogen (secondary N) is 1. The molecule has 0 aliphatic heterocycles. The van der Waals surface area contributed by atoms with Crippen molar-refractivity contribution in [2.24, 2.45) is 0 Å². The SMILES string of the molecule is Cc1ccc(CNc2cccnc2)c(C)c1. The van der Waals surface area contributed by atoms with Gasteiger partial charge in [-0.2, -0.15) is 0 Å². The quantitative estimate of drug-likeness (QED) is 0.844. The summed E-state index contributed by atoms with van der Waals surface area (Å²) in [5, 5.41) is 3.36. The number of aryl methyl sites for hydroxylation is 2. The van der Waals surface area contributed by atoms with Crippen molar-refractivity contribution in [2.45, 2.75) is 20.4 Å². The number of nitrogens with zero attached hydrogens (tertiary/aromatic N) is 1. The van der Waals surface area contributed by atoms with Crippen LogP contribution in [-0.4, -0.2) is 4.98 Å². The van der Waals surface area contributed by atoms with Gasteiger partial charge in [0, 0.05) is 18.9 Å². The van der Waals surface area contributed by atoms with E-state index in [0.717, 1.165) is 12.2 Å². The molecule has 2 heteroatoms. The second-order valence-electron chi connectivity index (χ2n) is 4.03. The van der Waals surface area contributed by atoms with Gasteiger partial charge in [-0.1, -0.05) is 23.8 Å². The molecule has 0 atom stereocenters. The molecule has 0 spiro atoms. The zero-order valence-electron chi connectivity index (χ0n) is 9.70. The molecular weight excluding hydrogens is 196 g/mol. The van der Waals surface area contributed by atoms with Crippen molar-refractivity contribution in [2.75, 3.05) is 5.32 Å². The first kappa shape index (κ1) is 10.7. The first-order valence-corrected chi connectivity index (χ1v) is 5.46. The van der Waals surface area contributed by atoms with E-state index in [2.05, 4.69) is 42.3 Å². The van der Waals surface area contributed by atoms with Crippen LogP contribution in [0.5, 0.6) is 0 Å². The zero-order valence-corrected chi connectivity index (χ0v) is 9.70. The van der Waals surface area contributed by atoms with Gasteiger partial charge in [-0.15, -0.1) is 0 Å². The lowest BCUT2D eigenvalue weighted by atomic mass is 10.1. The standard InChI is InChI=1S/C14H16N2/c1-11-5-6-13(12(2)8-11)9-16-14-4-3-7-15-10-14/h3-8,10,16H,9H2,1-2H3. The molecule has 1 heterocycles. The maximum Gasteiger partial charge on any atom is 0.0529 e. The number of hydrogen-bond donors (Lipinski definition) is 1. The fourth-order valence-corrected chi connectivity index (χ4v) is 1.71. The molecule has 1 aromatic carbocycles. The van der Waals surface area contributed by atoms with Gasteiger partial charge in [0.1, 0.15) is 0 Å². The number of hydrogen-bond acceptors (Lipinski definition) is 2. The van der Waals surface area contributed by atoms with Crippen LogP contribution < -0.4 is 5.32 Å². The summed E-state index contributed by atoms with van der Waals surface area (Å²) in [5.41, 5.74) is 5.02. The fourth-order valence-electron chi connectivity index (χ4n) is 1.71. The van der Waals surface area contributed by atoms with Crippen molar-refractivity contribution in [1.82, 2.24) is 4.98 Å². The molecule has 1 aromatic heterocycles. The molecule has 0 bridgehead atoms. The molecule has 0 unspecified atom stereocenters. The van der Waals surface area contributed by atoms with Gasteiger partial charge < -0.3 is 5.32 Å². The Kier molecular flexibility index (Phi) is 3.20. The number of anilines is 1. The predicted octanol–water partition coefficient (Wildman–Crippen LogP) is 3.31. The van der Waals surface area contributed by atoms with Crippen molar-refractivity contribution >= 4 is 5.69 Å². The van der Waals surface area contributed by atoms with E-state index < -0.39 is 0 Å². The van der Waals surface area contributed by atoms with Crippen molar-refractivity contribution in [3.05, 3.63) is 59.4 Å². The molecule has 0 amide bonds. The van der Waals surface area contributed by atoms with Crippen molar-refractivity contribution < 1.29 is 0 Å². The third-order valence-corrected chi connectivity index (χ3v) is 2.64. The predicted molar refractivity (Wildman–Crippen MR) is 67.5 cm³/mol. The lowest BCUT2D eigenvalue weighted by Crippen LogP contribution is -2.01. The summed E-state index contributed by atoms with van der Waals surface area (Å²) in [4.78, 5) is 4.07. The molecular formula is C14H16N2. The van der Waals surface area contributed by atoms with E-state index in [0.29, 0.717) is 0 Å². The van der Waals surface area contributed by atoms with Gasteiger partial charge in [0.15, 0.2) is 0 Å². The molecule has 0 fully saturated rings. The highest BCUT2D eigenvalue weighted by Gasteiger charge is 1.98. The molecule has 0 aliphatic carbocycles. The van der Waals surface area contributed by atoms with Crippen LogP contribution in [0, 0.1) is 13.8 Å². The molecule has 1 N–H and O–H groups in total.